The van der Waals surface area contributed by atoms with Crippen LogP contribution in [0.2, 0.25) is 0 Å². The standard InChI is InChI=1S/2C8H11P.4C5H9N.F6P.Mn/c2*1-9(2)8-6-4-3-5-7-8;4*1-5(2,3)6-4;1-7(2,3,4,5)6;/h2*3-7H,1-2H3;4*1-3H3;;/q;;;;;;-1;+2. The fourth-order valence-corrected chi connectivity index (χ4v) is 2.99. The van der Waals surface area contributed by atoms with Crippen molar-refractivity contribution in [2.75, 3.05) is 26.7 Å². The number of nitrogens with zero attached hydrogens (tertiary/aromatic N) is 4. The first kappa shape index (κ1) is 59.9. The molecule has 0 heterocycles. The van der Waals surface area contributed by atoms with Crippen molar-refractivity contribution < 1.29 is 42.3 Å². The van der Waals surface area contributed by atoms with Gasteiger partial charge in [0.1, 0.15) is 0 Å². The Bertz CT molecular complexity index is 1170. The number of hydrogen-bond acceptors (Lipinski definition) is 0. The second-order valence-electron chi connectivity index (χ2n) is 14.5. The van der Waals surface area contributed by atoms with E-state index in [1.165, 1.54) is 10.6 Å². The van der Waals surface area contributed by atoms with E-state index in [1.54, 1.807) is 0 Å². The Kier molecular flexibility index (Phi) is 29.8. The van der Waals surface area contributed by atoms with E-state index < -0.39 is 7.81 Å². The quantitative estimate of drug-likeness (QED) is 0.124. The summed E-state index contributed by atoms with van der Waals surface area (Å²) in [5.41, 5.74) is -0.667. The second-order valence-corrected chi connectivity index (χ2v) is 21.1. The van der Waals surface area contributed by atoms with Gasteiger partial charge in [0.2, 0.25) is 22.2 Å². The van der Waals surface area contributed by atoms with Gasteiger partial charge in [-0.2, -0.15) is 0 Å². The van der Waals surface area contributed by atoms with Crippen molar-refractivity contribution in [3.05, 3.63) is 106 Å². The van der Waals surface area contributed by atoms with E-state index >= 15 is 0 Å². The van der Waals surface area contributed by atoms with Gasteiger partial charge in [0.25, 0.3) is 0 Å². The van der Waals surface area contributed by atoms with Gasteiger partial charge in [-0.25, -0.2) is 26.3 Å². The molecular weight excluding hydrogens is 750 g/mol. The van der Waals surface area contributed by atoms with Crippen LogP contribution < -0.4 is 10.6 Å². The van der Waals surface area contributed by atoms with Gasteiger partial charge in [-0.05, 0) is 37.3 Å². The van der Waals surface area contributed by atoms with Crippen LogP contribution in [0.25, 0.3) is 19.4 Å². The monoisotopic (exact) mass is 808 g/mol. The van der Waals surface area contributed by atoms with Crippen molar-refractivity contribution in [1.29, 1.82) is 0 Å². The number of halogens is 6. The zero-order valence-electron chi connectivity index (χ0n) is 32.5. The summed E-state index contributed by atoms with van der Waals surface area (Å²) >= 11 is 0. The van der Waals surface area contributed by atoms with Crippen LogP contribution in [0.4, 0.5) is 25.2 Å². The molecule has 50 heavy (non-hydrogen) atoms. The Labute approximate surface area is 313 Å². The summed E-state index contributed by atoms with van der Waals surface area (Å²) < 4.78 is 59.2. The molecule has 0 fully saturated rings. The van der Waals surface area contributed by atoms with E-state index in [9.17, 15) is 25.2 Å². The van der Waals surface area contributed by atoms with Crippen molar-refractivity contribution in [2.45, 2.75) is 105 Å². The zero-order valence-corrected chi connectivity index (χ0v) is 36.4. The van der Waals surface area contributed by atoms with Crippen molar-refractivity contribution >= 4 is 34.3 Å². The second kappa shape index (κ2) is 24.9. The largest absolute Gasteiger partial charge is 2.00 e. The molecule has 0 spiro atoms. The van der Waals surface area contributed by atoms with Gasteiger partial charge in [0.15, 0.2) is 0 Å². The third kappa shape index (κ3) is 80.5. The van der Waals surface area contributed by atoms with E-state index in [1.807, 2.05) is 83.1 Å². The van der Waals surface area contributed by atoms with Crippen LogP contribution in [0, 0.1) is 26.3 Å². The first-order chi connectivity index (χ1) is 21.3. The number of hydrogen-bond donors (Lipinski definition) is 0. The molecule has 0 atom stereocenters. The molecule has 2 aromatic rings. The summed E-state index contributed by atoms with van der Waals surface area (Å²) in [4.78, 5) is 13.1. The maximum absolute atomic E-state index is 10.7. The molecule has 2 rings (SSSR count). The van der Waals surface area contributed by atoms with E-state index in [-0.39, 0.29) is 55.1 Å². The summed E-state index contributed by atoms with van der Waals surface area (Å²) in [6, 6.07) is 21.2. The predicted molar refractivity (Wildman–Crippen MR) is 209 cm³/mol. The summed E-state index contributed by atoms with van der Waals surface area (Å²) in [6.07, 6.45) is 0. The predicted octanol–water partition coefficient (Wildman–Crippen LogP) is 14.3. The molecule has 0 saturated heterocycles. The van der Waals surface area contributed by atoms with Gasteiger partial charge < -0.3 is 19.4 Å². The van der Waals surface area contributed by atoms with Gasteiger partial charge in [-0.1, -0.05) is 76.5 Å². The molecule has 0 aromatic heterocycles. The average Bonchev–Trinajstić information content (AvgIpc) is 2.92. The average molecular weight is 809 g/mol. The maximum atomic E-state index is 9.87. The fraction of sp³-hybridized carbons (Fsp3) is 0.556. The number of rotatable bonds is 2. The Morgan fingerprint density at radius 1 is 0.420 bits per heavy atom. The van der Waals surface area contributed by atoms with E-state index in [0.29, 0.717) is 0 Å². The van der Waals surface area contributed by atoms with Crippen molar-refractivity contribution in [3.8, 4) is 0 Å². The minimum absolute atomic E-state index is 0. The first-order valence-corrected chi connectivity index (χ1v) is 21.4. The Morgan fingerprint density at radius 2 is 0.540 bits per heavy atom. The topological polar surface area (TPSA) is 17.4 Å². The molecule has 0 aliphatic heterocycles. The van der Waals surface area contributed by atoms with Crippen molar-refractivity contribution in [2.24, 2.45) is 0 Å². The van der Waals surface area contributed by atoms with Crippen LogP contribution in [-0.4, -0.2) is 48.8 Å². The molecule has 0 aliphatic carbocycles. The van der Waals surface area contributed by atoms with Gasteiger partial charge in [-0.15, -0.1) is 0 Å². The van der Waals surface area contributed by atoms with Gasteiger partial charge in [0, 0.05) is 83.1 Å². The molecule has 0 N–H and O–H groups in total. The molecule has 285 valence electrons. The maximum Gasteiger partial charge on any atom is 2.00 e. The zero-order chi connectivity index (χ0) is 40.6. The molecule has 2 aromatic carbocycles. The smallest absolute Gasteiger partial charge is 0.311 e. The molecule has 0 unspecified atom stereocenters. The molecule has 0 saturated carbocycles. The number of benzene rings is 2. The van der Waals surface area contributed by atoms with Crippen molar-refractivity contribution in [3.63, 3.8) is 0 Å². The molecule has 0 bridgehead atoms. The van der Waals surface area contributed by atoms with Crippen LogP contribution >= 0.6 is 23.7 Å². The van der Waals surface area contributed by atoms with Crippen LogP contribution in [0.5, 0.6) is 0 Å². The fourth-order valence-electron chi connectivity index (χ4n) is 1.45. The van der Waals surface area contributed by atoms with E-state index in [4.69, 9.17) is 26.3 Å². The molecule has 0 amide bonds. The van der Waals surface area contributed by atoms with Crippen LogP contribution in [0.3, 0.4) is 0 Å². The Hall–Kier alpha value is -2.21. The Balaban J connectivity index is -0.000000114. The van der Waals surface area contributed by atoms with Crippen LogP contribution in [-0.2, 0) is 17.1 Å². The molecule has 14 heteroatoms. The summed E-state index contributed by atoms with van der Waals surface area (Å²) in [5.74, 6) is 0. The SMILES string of the molecule is CP(C)c1ccccc1.CP(C)c1ccccc1.F[P-](F)(F)(F)(F)F.[C-]#[N+]C(C)(C)C.[C-]#[N+]C(C)(C)C.[C-]#[N+]C(C)(C)C.[C-]#[N+]C(C)(C)C.[Mn+2]. The summed E-state index contributed by atoms with van der Waals surface area (Å²) in [5, 5.41) is 2.96. The van der Waals surface area contributed by atoms with Crippen LogP contribution in [0.15, 0.2) is 60.7 Å². The summed E-state index contributed by atoms with van der Waals surface area (Å²) in [7, 11) is -10.4. The molecule has 1 radical (unpaired) electrons. The minimum atomic E-state index is -10.7. The molecular formula is C36H58F6MnN4P3+. The normalized spacial score (nSPS) is 11.8. The van der Waals surface area contributed by atoms with Gasteiger partial charge in [-0.3, -0.25) is 0 Å². The van der Waals surface area contributed by atoms with Crippen molar-refractivity contribution in [1.82, 2.24) is 0 Å². The Morgan fingerprint density at radius 3 is 0.600 bits per heavy atom. The summed E-state index contributed by atoms with van der Waals surface area (Å²) in [6.45, 7) is 57.7. The van der Waals surface area contributed by atoms with Gasteiger partial charge in [0.05, 0.1) is 0 Å². The third-order valence-corrected chi connectivity index (χ3v) is 6.55. The van der Waals surface area contributed by atoms with Crippen LogP contribution in [0.1, 0.15) is 83.1 Å². The first-order valence-electron chi connectivity index (χ1n) is 14.9. The molecule has 4 nitrogen and oxygen atoms in total. The molecule has 0 aliphatic rings. The van der Waals surface area contributed by atoms with E-state index in [0.717, 1.165) is 0 Å². The minimum Gasteiger partial charge on any atom is -0.311 e. The third-order valence-electron chi connectivity index (χ3n) is 3.89. The van der Waals surface area contributed by atoms with E-state index in [2.05, 4.69) is 107 Å². The van der Waals surface area contributed by atoms with Gasteiger partial charge >= 0.3 is 50.1 Å².